The molecule has 102 valence electrons. The van der Waals surface area contributed by atoms with Gasteiger partial charge in [-0.25, -0.2) is 0 Å². The van der Waals surface area contributed by atoms with Crippen LogP contribution in [0.5, 0.6) is 0 Å². The highest BCUT2D eigenvalue weighted by Gasteiger charge is 2.31. The Labute approximate surface area is 107 Å². The summed E-state index contributed by atoms with van der Waals surface area (Å²) in [5.41, 5.74) is -1.29. The SMILES string of the molecule is CC(C)(CCC(C)(C)C(=O)O)COS(=O)(=O)Cl. The summed E-state index contributed by atoms with van der Waals surface area (Å²) < 4.78 is 25.8. The Morgan fingerprint density at radius 2 is 1.71 bits per heavy atom. The fourth-order valence-corrected chi connectivity index (χ4v) is 1.65. The number of carboxylic acids is 1. The number of rotatable bonds is 7. The van der Waals surface area contributed by atoms with Crippen molar-refractivity contribution in [2.75, 3.05) is 6.61 Å². The second-order valence-electron chi connectivity index (χ2n) is 5.51. The van der Waals surface area contributed by atoms with Gasteiger partial charge >= 0.3 is 15.3 Å². The summed E-state index contributed by atoms with van der Waals surface area (Å²) >= 11 is 0. The van der Waals surface area contributed by atoms with E-state index in [-0.39, 0.29) is 6.61 Å². The largest absolute Gasteiger partial charge is 0.481 e. The van der Waals surface area contributed by atoms with E-state index in [0.29, 0.717) is 12.8 Å². The molecule has 0 aromatic rings. The van der Waals surface area contributed by atoms with E-state index in [1.165, 1.54) is 0 Å². The van der Waals surface area contributed by atoms with E-state index in [9.17, 15) is 13.2 Å². The molecule has 0 aromatic carbocycles. The molecule has 0 aliphatic carbocycles. The van der Waals surface area contributed by atoms with Gasteiger partial charge in [0, 0.05) is 10.7 Å². The molecule has 0 aliphatic heterocycles. The molecule has 0 saturated heterocycles. The first-order valence-electron chi connectivity index (χ1n) is 5.18. The van der Waals surface area contributed by atoms with Crippen LogP contribution in [0.1, 0.15) is 40.5 Å². The van der Waals surface area contributed by atoms with Crippen molar-refractivity contribution >= 4 is 26.0 Å². The van der Waals surface area contributed by atoms with Crippen LogP contribution in [0, 0.1) is 10.8 Å². The first kappa shape index (κ1) is 16.7. The molecule has 0 fully saturated rings. The van der Waals surface area contributed by atoms with E-state index in [2.05, 4.69) is 4.18 Å². The topological polar surface area (TPSA) is 80.7 Å². The molecule has 0 rings (SSSR count). The lowest BCUT2D eigenvalue weighted by Crippen LogP contribution is -2.28. The molecule has 0 heterocycles. The van der Waals surface area contributed by atoms with Gasteiger partial charge in [-0.3, -0.25) is 8.98 Å². The van der Waals surface area contributed by atoms with Gasteiger partial charge in [-0.15, -0.1) is 0 Å². The third-order valence-electron chi connectivity index (χ3n) is 2.60. The van der Waals surface area contributed by atoms with Crippen LogP contribution in [0.25, 0.3) is 0 Å². The summed E-state index contributed by atoms with van der Waals surface area (Å²) in [6.07, 6.45) is 0.958. The van der Waals surface area contributed by atoms with Crippen molar-refractivity contribution in [2.45, 2.75) is 40.5 Å². The quantitative estimate of drug-likeness (QED) is 0.727. The van der Waals surface area contributed by atoms with Gasteiger partial charge in [0.05, 0.1) is 12.0 Å². The van der Waals surface area contributed by atoms with Crippen molar-refractivity contribution in [1.82, 2.24) is 0 Å². The maximum absolute atomic E-state index is 10.9. The van der Waals surface area contributed by atoms with Gasteiger partial charge in [0.25, 0.3) is 0 Å². The monoisotopic (exact) mass is 286 g/mol. The average molecular weight is 287 g/mol. The third kappa shape index (κ3) is 7.57. The van der Waals surface area contributed by atoms with Crippen molar-refractivity contribution in [1.29, 1.82) is 0 Å². The molecule has 0 aromatic heterocycles. The zero-order valence-electron chi connectivity index (χ0n) is 10.5. The maximum Gasteiger partial charge on any atom is 0.355 e. The number of aliphatic carboxylic acids is 1. The molecule has 0 saturated carbocycles. The summed E-state index contributed by atoms with van der Waals surface area (Å²) in [4.78, 5) is 10.9. The highest BCUT2D eigenvalue weighted by molar-refractivity contribution is 8.09. The van der Waals surface area contributed by atoms with E-state index in [1.807, 2.05) is 0 Å². The molecular weight excluding hydrogens is 268 g/mol. The summed E-state index contributed by atoms with van der Waals surface area (Å²) in [5, 5.41) is 8.95. The van der Waals surface area contributed by atoms with Gasteiger partial charge in [0.2, 0.25) is 0 Å². The molecule has 5 nitrogen and oxygen atoms in total. The normalized spacial score (nSPS) is 13.7. The van der Waals surface area contributed by atoms with E-state index in [4.69, 9.17) is 15.8 Å². The summed E-state index contributed by atoms with van der Waals surface area (Å²) in [7, 11) is 0.964. The molecule has 0 radical (unpaired) electrons. The minimum absolute atomic E-state index is 0.0610. The lowest BCUT2D eigenvalue weighted by atomic mass is 9.79. The van der Waals surface area contributed by atoms with Crippen LogP contribution < -0.4 is 0 Å². The maximum atomic E-state index is 10.9. The van der Waals surface area contributed by atoms with Gasteiger partial charge in [-0.2, -0.15) is 8.42 Å². The molecule has 0 bridgehead atoms. The van der Waals surface area contributed by atoms with Gasteiger partial charge in [-0.1, -0.05) is 13.8 Å². The Kier molecular flexibility index (Phi) is 5.43. The minimum atomic E-state index is -3.97. The second kappa shape index (κ2) is 5.54. The van der Waals surface area contributed by atoms with Crippen molar-refractivity contribution in [2.24, 2.45) is 10.8 Å². The summed E-state index contributed by atoms with van der Waals surface area (Å²) in [6, 6.07) is 0. The Bertz CT molecular complexity index is 372. The number of carbonyl (C=O) groups is 1. The number of carboxylic acid groups (broad SMARTS) is 1. The Morgan fingerprint density at radius 1 is 1.24 bits per heavy atom. The van der Waals surface area contributed by atoms with Crippen molar-refractivity contribution < 1.29 is 22.5 Å². The van der Waals surface area contributed by atoms with Crippen LogP contribution in [-0.4, -0.2) is 26.1 Å². The third-order valence-corrected chi connectivity index (χ3v) is 3.26. The molecule has 0 amide bonds. The predicted molar refractivity (Wildman–Crippen MR) is 65.2 cm³/mol. The second-order valence-corrected chi connectivity index (χ2v) is 7.66. The molecule has 1 N–H and O–H groups in total. The van der Waals surface area contributed by atoms with Gasteiger partial charge in [0.1, 0.15) is 0 Å². The Hall–Kier alpha value is -0.330. The molecule has 0 atom stereocenters. The molecule has 7 heteroatoms. The number of halogens is 1. The van der Waals surface area contributed by atoms with E-state index in [0.717, 1.165) is 0 Å². The van der Waals surface area contributed by atoms with E-state index in [1.54, 1.807) is 27.7 Å². The van der Waals surface area contributed by atoms with Gasteiger partial charge < -0.3 is 5.11 Å². The summed E-state index contributed by atoms with van der Waals surface area (Å²) in [6.45, 7) is 6.80. The van der Waals surface area contributed by atoms with Gasteiger partial charge in [0.15, 0.2) is 0 Å². The smallest absolute Gasteiger partial charge is 0.355 e. The fourth-order valence-electron chi connectivity index (χ4n) is 1.06. The average Bonchev–Trinajstić information content (AvgIpc) is 2.11. The standard InChI is InChI=1S/C10H19ClO5S/c1-9(2,7-16-17(11,14)15)5-6-10(3,4)8(12)13/h5-7H2,1-4H3,(H,12,13). The number of hydrogen-bond acceptors (Lipinski definition) is 4. The van der Waals surface area contributed by atoms with Crippen molar-refractivity contribution in [3.05, 3.63) is 0 Å². The molecule has 0 aliphatic rings. The van der Waals surface area contributed by atoms with Crippen LogP contribution in [0.2, 0.25) is 0 Å². The zero-order valence-corrected chi connectivity index (χ0v) is 12.1. The highest BCUT2D eigenvalue weighted by atomic mass is 35.7. The first-order valence-corrected chi connectivity index (χ1v) is 7.42. The Balaban J connectivity index is 4.33. The molecular formula is C10H19ClO5S. The van der Waals surface area contributed by atoms with Crippen LogP contribution >= 0.6 is 10.7 Å². The highest BCUT2D eigenvalue weighted by Crippen LogP contribution is 2.31. The van der Waals surface area contributed by atoms with Crippen LogP contribution in [0.4, 0.5) is 0 Å². The van der Waals surface area contributed by atoms with E-state index < -0.39 is 26.1 Å². The minimum Gasteiger partial charge on any atom is -0.481 e. The zero-order chi connectivity index (χ0) is 13.9. The molecule has 0 unspecified atom stereocenters. The predicted octanol–water partition coefficient (Wildman–Crippen LogP) is 2.40. The Morgan fingerprint density at radius 3 is 2.06 bits per heavy atom. The molecule has 17 heavy (non-hydrogen) atoms. The molecule has 0 spiro atoms. The summed E-state index contributed by atoms with van der Waals surface area (Å²) in [5.74, 6) is -0.876. The fraction of sp³-hybridized carbons (Fsp3) is 0.900. The number of hydrogen-bond donors (Lipinski definition) is 1. The lowest BCUT2D eigenvalue weighted by Gasteiger charge is -2.27. The van der Waals surface area contributed by atoms with Crippen molar-refractivity contribution in [3.8, 4) is 0 Å². The van der Waals surface area contributed by atoms with Crippen LogP contribution in [-0.2, 0) is 18.3 Å². The first-order chi connectivity index (χ1) is 7.36. The van der Waals surface area contributed by atoms with Gasteiger partial charge in [-0.05, 0) is 32.1 Å². The van der Waals surface area contributed by atoms with Crippen molar-refractivity contribution in [3.63, 3.8) is 0 Å². The van der Waals surface area contributed by atoms with Crippen LogP contribution in [0.15, 0.2) is 0 Å². The van der Waals surface area contributed by atoms with Crippen LogP contribution in [0.3, 0.4) is 0 Å². The van der Waals surface area contributed by atoms with E-state index >= 15 is 0 Å². The lowest BCUT2D eigenvalue weighted by molar-refractivity contribution is -0.147.